The topological polar surface area (TPSA) is 100 Å². The summed E-state index contributed by atoms with van der Waals surface area (Å²) in [5.41, 5.74) is 2.38. The Morgan fingerprint density at radius 1 is 1.32 bits per heavy atom. The lowest BCUT2D eigenvalue weighted by molar-refractivity contribution is -0.146. The van der Waals surface area contributed by atoms with Crippen LogP contribution < -0.4 is 5.43 Å². The second-order valence-corrected chi connectivity index (χ2v) is 4.47. The summed E-state index contributed by atoms with van der Waals surface area (Å²) in [6, 6.07) is -0.0575. The number of aromatic nitrogens is 3. The zero-order valence-corrected chi connectivity index (χ0v) is 10.5. The molecule has 1 aromatic rings. The van der Waals surface area contributed by atoms with Crippen LogP contribution in [-0.4, -0.2) is 55.9 Å². The molecule has 0 radical (unpaired) electrons. The molecule has 1 aliphatic heterocycles. The van der Waals surface area contributed by atoms with Crippen molar-refractivity contribution in [3.8, 4) is 0 Å². The fourth-order valence-electron chi connectivity index (χ4n) is 2.27. The molecule has 0 spiro atoms. The molecule has 1 saturated heterocycles. The van der Waals surface area contributed by atoms with Crippen LogP contribution in [0.2, 0.25) is 0 Å². The van der Waals surface area contributed by atoms with Gasteiger partial charge in [-0.1, -0.05) is 0 Å². The predicted octanol–water partition coefficient (Wildman–Crippen LogP) is -0.888. The Hall–Kier alpha value is -1.96. The molecule has 19 heavy (non-hydrogen) atoms. The first kappa shape index (κ1) is 13.5. The number of likely N-dealkylation sites (tertiary alicyclic amines) is 1. The molecule has 2 rings (SSSR count). The van der Waals surface area contributed by atoms with Gasteiger partial charge in [0.15, 0.2) is 0 Å². The molecule has 2 amide bonds. The number of nitrogens with one attached hydrogen (secondary N) is 1. The van der Waals surface area contributed by atoms with Crippen LogP contribution in [0.25, 0.3) is 0 Å². The number of rotatable bonds is 3. The molecule has 0 bridgehead atoms. The summed E-state index contributed by atoms with van der Waals surface area (Å²) < 4.78 is 1.23. The molecule has 1 atom stereocenters. The Labute approximate surface area is 110 Å². The number of hydrogen-bond acceptors (Lipinski definition) is 5. The van der Waals surface area contributed by atoms with E-state index in [-0.39, 0.29) is 12.6 Å². The summed E-state index contributed by atoms with van der Waals surface area (Å²) in [6.45, 7) is 0.570. The van der Waals surface area contributed by atoms with Crippen LogP contribution in [0.5, 0.6) is 0 Å². The largest absolute Gasteiger partial charge is 0.396 e. The van der Waals surface area contributed by atoms with Gasteiger partial charge < -0.3 is 10.0 Å². The van der Waals surface area contributed by atoms with Crippen LogP contribution >= 0.6 is 0 Å². The number of carbonyl (C=O) groups is 2. The molecule has 1 unspecified atom stereocenters. The van der Waals surface area contributed by atoms with E-state index < -0.39 is 11.8 Å². The van der Waals surface area contributed by atoms with Gasteiger partial charge in [-0.25, -0.2) is 4.68 Å². The third-order valence-electron chi connectivity index (χ3n) is 3.19. The van der Waals surface area contributed by atoms with Gasteiger partial charge in [0, 0.05) is 19.2 Å². The van der Waals surface area contributed by atoms with Crippen molar-refractivity contribution in [1.29, 1.82) is 0 Å². The molecule has 0 aliphatic carbocycles. The Morgan fingerprint density at radius 3 is 2.74 bits per heavy atom. The van der Waals surface area contributed by atoms with E-state index in [1.54, 1.807) is 4.90 Å². The highest BCUT2D eigenvalue weighted by atomic mass is 16.3. The molecule has 104 valence electrons. The second-order valence-electron chi connectivity index (χ2n) is 4.47. The summed E-state index contributed by atoms with van der Waals surface area (Å²) in [7, 11) is 0. The van der Waals surface area contributed by atoms with Crippen molar-refractivity contribution in [2.75, 3.05) is 18.6 Å². The second kappa shape index (κ2) is 6.28. The average Bonchev–Trinajstić information content (AvgIpc) is 2.92. The van der Waals surface area contributed by atoms with Crippen LogP contribution in [0, 0.1) is 0 Å². The SMILES string of the molecule is O=C(Nn1cnnc1)C(=O)N1CCCCC1CCO. The molecule has 8 nitrogen and oxygen atoms in total. The van der Waals surface area contributed by atoms with Crippen LogP contribution in [0.15, 0.2) is 12.7 Å². The molecule has 0 saturated carbocycles. The maximum Gasteiger partial charge on any atom is 0.328 e. The number of aliphatic hydroxyl groups is 1. The lowest BCUT2D eigenvalue weighted by Crippen LogP contribution is -2.49. The normalized spacial score (nSPS) is 19.2. The van der Waals surface area contributed by atoms with Crippen molar-refractivity contribution in [2.45, 2.75) is 31.7 Å². The summed E-state index contributed by atoms with van der Waals surface area (Å²) in [6.07, 6.45) is 5.83. The first-order valence-electron chi connectivity index (χ1n) is 6.30. The zero-order chi connectivity index (χ0) is 13.7. The van der Waals surface area contributed by atoms with Crippen molar-refractivity contribution in [2.24, 2.45) is 0 Å². The fraction of sp³-hybridized carbons (Fsp3) is 0.636. The number of amides is 2. The summed E-state index contributed by atoms with van der Waals surface area (Å²) in [5.74, 6) is -1.29. The van der Waals surface area contributed by atoms with Gasteiger partial charge in [0.05, 0.1) is 0 Å². The summed E-state index contributed by atoms with van der Waals surface area (Å²) in [5, 5.41) is 16.1. The van der Waals surface area contributed by atoms with Crippen LogP contribution in [0.1, 0.15) is 25.7 Å². The van der Waals surface area contributed by atoms with Gasteiger partial charge in [-0.15, -0.1) is 10.2 Å². The van der Waals surface area contributed by atoms with Crippen LogP contribution in [-0.2, 0) is 9.59 Å². The Balaban J connectivity index is 1.98. The van der Waals surface area contributed by atoms with Gasteiger partial charge >= 0.3 is 11.8 Å². The number of aliphatic hydroxyl groups excluding tert-OH is 1. The highest BCUT2D eigenvalue weighted by molar-refractivity contribution is 6.38. The third-order valence-corrected chi connectivity index (χ3v) is 3.19. The van der Waals surface area contributed by atoms with Crippen molar-refractivity contribution in [3.05, 3.63) is 12.7 Å². The maximum absolute atomic E-state index is 12.1. The Kier molecular flexibility index (Phi) is 4.45. The summed E-state index contributed by atoms with van der Waals surface area (Å²) in [4.78, 5) is 25.4. The minimum absolute atomic E-state index is 0.0154. The number of nitrogens with zero attached hydrogens (tertiary/aromatic N) is 4. The molecule has 0 aromatic carbocycles. The zero-order valence-electron chi connectivity index (χ0n) is 10.5. The lowest BCUT2D eigenvalue weighted by Gasteiger charge is -2.34. The van der Waals surface area contributed by atoms with Gasteiger partial charge in [-0.2, -0.15) is 0 Å². The van der Waals surface area contributed by atoms with Crippen LogP contribution in [0.4, 0.5) is 0 Å². The highest BCUT2D eigenvalue weighted by Gasteiger charge is 2.30. The fourth-order valence-corrected chi connectivity index (χ4v) is 2.27. The maximum atomic E-state index is 12.1. The Morgan fingerprint density at radius 2 is 2.05 bits per heavy atom. The third kappa shape index (κ3) is 3.28. The van der Waals surface area contributed by atoms with Crippen molar-refractivity contribution < 1.29 is 14.7 Å². The van der Waals surface area contributed by atoms with E-state index in [9.17, 15) is 9.59 Å². The van der Waals surface area contributed by atoms with E-state index in [0.717, 1.165) is 19.3 Å². The number of hydrogen-bond donors (Lipinski definition) is 2. The minimum atomic E-state index is -0.718. The molecule has 1 fully saturated rings. The Bertz CT molecular complexity index is 432. The van der Waals surface area contributed by atoms with E-state index in [4.69, 9.17) is 5.11 Å². The van der Waals surface area contributed by atoms with E-state index in [1.807, 2.05) is 0 Å². The molecule has 1 aliphatic rings. The van der Waals surface area contributed by atoms with Gasteiger partial charge in [-0.05, 0) is 25.7 Å². The van der Waals surface area contributed by atoms with Gasteiger partial charge in [0.1, 0.15) is 12.7 Å². The summed E-state index contributed by atoms with van der Waals surface area (Å²) >= 11 is 0. The molecule has 1 aromatic heterocycles. The van der Waals surface area contributed by atoms with E-state index in [2.05, 4.69) is 15.6 Å². The van der Waals surface area contributed by atoms with E-state index in [0.29, 0.717) is 13.0 Å². The van der Waals surface area contributed by atoms with E-state index >= 15 is 0 Å². The monoisotopic (exact) mass is 267 g/mol. The first-order valence-corrected chi connectivity index (χ1v) is 6.30. The van der Waals surface area contributed by atoms with Crippen molar-refractivity contribution in [3.63, 3.8) is 0 Å². The molecular weight excluding hydrogens is 250 g/mol. The molecule has 2 heterocycles. The first-order chi connectivity index (χ1) is 9.22. The standard InChI is InChI=1S/C11H17N5O3/c17-6-4-9-3-1-2-5-16(9)11(19)10(18)14-15-7-12-13-8-15/h7-9,17H,1-6H2,(H,14,18). The highest BCUT2D eigenvalue weighted by Crippen LogP contribution is 2.19. The molecule has 2 N–H and O–H groups in total. The molecular formula is C11H17N5O3. The lowest BCUT2D eigenvalue weighted by atomic mass is 9.99. The number of carbonyl (C=O) groups excluding carboxylic acids is 2. The van der Waals surface area contributed by atoms with Gasteiger partial charge in [0.25, 0.3) is 0 Å². The van der Waals surface area contributed by atoms with Crippen molar-refractivity contribution >= 4 is 11.8 Å². The van der Waals surface area contributed by atoms with Crippen LogP contribution in [0.3, 0.4) is 0 Å². The quantitative estimate of drug-likeness (QED) is 0.692. The molecule has 8 heteroatoms. The predicted molar refractivity (Wildman–Crippen MR) is 65.4 cm³/mol. The average molecular weight is 267 g/mol. The van der Waals surface area contributed by atoms with E-state index in [1.165, 1.54) is 17.3 Å². The minimum Gasteiger partial charge on any atom is -0.396 e. The smallest absolute Gasteiger partial charge is 0.328 e. The number of piperidine rings is 1. The van der Waals surface area contributed by atoms with Gasteiger partial charge in [-0.3, -0.25) is 15.0 Å². The van der Waals surface area contributed by atoms with Crippen molar-refractivity contribution in [1.82, 2.24) is 19.8 Å². The van der Waals surface area contributed by atoms with Gasteiger partial charge in [0.2, 0.25) is 0 Å².